The monoisotopic (exact) mass is 224 g/mol. The normalized spacial score (nSPS) is 11.2. The Bertz CT molecular complexity index is 282. The summed E-state index contributed by atoms with van der Waals surface area (Å²) >= 11 is 0. The molecule has 1 aromatic heterocycles. The van der Waals surface area contributed by atoms with Gasteiger partial charge in [-0.05, 0) is 40.0 Å². The second kappa shape index (κ2) is 7.41. The SMILES string of the molecule is CCCn1ccnc1CN(C)CCCNC. The molecule has 92 valence electrons. The topological polar surface area (TPSA) is 33.1 Å². The average molecular weight is 224 g/mol. The van der Waals surface area contributed by atoms with E-state index in [0.717, 1.165) is 32.6 Å². The summed E-state index contributed by atoms with van der Waals surface area (Å²) in [4.78, 5) is 6.73. The maximum absolute atomic E-state index is 4.41. The van der Waals surface area contributed by atoms with Gasteiger partial charge >= 0.3 is 0 Å². The first-order valence-corrected chi connectivity index (χ1v) is 6.11. The zero-order chi connectivity index (χ0) is 11.8. The molecule has 0 fully saturated rings. The van der Waals surface area contributed by atoms with E-state index in [1.165, 1.54) is 12.2 Å². The Balaban J connectivity index is 2.36. The van der Waals surface area contributed by atoms with E-state index in [2.05, 4.69) is 39.9 Å². The Kier molecular flexibility index (Phi) is 6.11. The zero-order valence-electron chi connectivity index (χ0n) is 10.7. The fourth-order valence-electron chi connectivity index (χ4n) is 1.78. The van der Waals surface area contributed by atoms with E-state index in [-0.39, 0.29) is 0 Å². The largest absolute Gasteiger partial charge is 0.334 e. The Morgan fingerprint density at radius 2 is 2.31 bits per heavy atom. The number of imidazole rings is 1. The fraction of sp³-hybridized carbons (Fsp3) is 0.750. The third-order valence-electron chi connectivity index (χ3n) is 2.64. The molecule has 0 aliphatic carbocycles. The van der Waals surface area contributed by atoms with Gasteiger partial charge in [0.05, 0.1) is 6.54 Å². The van der Waals surface area contributed by atoms with Crippen molar-refractivity contribution < 1.29 is 0 Å². The number of aromatic nitrogens is 2. The van der Waals surface area contributed by atoms with Gasteiger partial charge in [0.1, 0.15) is 5.82 Å². The lowest BCUT2D eigenvalue weighted by molar-refractivity contribution is 0.307. The molecular formula is C12H24N4. The zero-order valence-corrected chi connectivity index (χ0v) is 10.7. The van der Waals surface area contributed by atoms with Crippen LogP contribution < -0.4 is 5.32 Å². The lowest BCUT2D eigenvalue weighted by Gasteiger charge is -2.16. The van der Waals surface area contributed by atoms with Gasteiger partial charge in [-0.15, -0.1) is 0 Å². The van der Waals surface area contributed by atoms with Crippen LogP contribution in [-0.2, 0) is 13.1 Å². The Labute approximate surface area is 98.7 Å². The second-order valence-electron chi connectivity index (χ2n) is 4.23. The summed E-state index contributed by atoms with van der Waals surface area (Å²) in [6.07, 6.45) is 6.31. The highest BCUT2D eigenvalue weighted by Gasteiger charge is 2.05. The van der Waals surface area contributed by atoms with E-state index in [9.17, 15) is 0 Å². The van der Waals surface area contributed by atoms with Crippen LogP contribution in [0.3, 0.4) is 0 Å². The third kappa shape index (κ3) is 4.33. The van der Waals surface area contributed by atoms with Crippen LogP contribution in [0.5, 0.6) is 0 Å². The van der Waals surface area contributed by atoms with Crippen LogP contribution in [0.25, 0.3) is 0 Å². The van der Waals surface area contributed by atoms with E-state index in [1.54, 1.807) is 0 Å². The van der Waals surface area contributed by atoms with Crippen LogP contribution in [0, 0.1) is 0 Å². The summed E-state index contributed by atoms with van der Waals surface area (Å²) in [6, 6.07) is 0. The van der Waals surface area contributed by atoms with Gasteiger partial charge in [0.2, 0.25) is 0 Å². The first kappa shape index (κ1) is 13.2. The van der Waals surface area contributed by atoms with Gasteiger partial charge in [-0.2, -0.15) is 0 Å². The molecule has 0 aliphatic heterocycles. The van der Waals surface area contributed by atoms with Gasteiger partial charge < -0.3 is 9.88 Å². The number of hydrogen-bond donors (Lipinski definition) is 1. The van der Waals surface area contributed by atoms with E-state index in [4.69, 9.17) is 0 Å². The highest BCUT2D eigenvalue weighted by molar-refractivity contribution is 4.92. The highest BCUT2D eigenvalue weighted by atomic mass is 15.2. The molecule has 0 atom stereocenters. The van der Waals surface area contributed by atoms with Crippen molar-refractivity contribution in [3.05, 3.63) is 18.2 Å². The molecule has 1 heterocycles. The van der Waals surface area contributed by atoms with E-state index < -0.39 is 0 Å². The fourth-order valence-corrected chi connectivity index (χ4v) is 1.78. The summed E-state index contributed by atoms with van der Waals surface area (Å²) in [5, 5.41) is 3.17. The lowest BCUT2D eigenvalue weighted by atomic mass is 10.3. The Morgan fingerprint density at radius 3 is 3.00 bits per heavy atom. The van der Waals surface area contributed by atoms with Crippen molar-refractivity contribution in [2.75, 3.05) is 27.2 Å². The molecule has 0 spiro atoms. The molecule has 0 aliphatic rings. The Morgan fingerprint density at radius 1 is 1.50 bits per heavy atom. The van der Waals surface area contributed by atoms with Crippen LogP contribution >= 0.6 is 0 Å². The number of nitrogens with zero attached hydrogens (tertiary/aromatic N) is 3. The molecule has 1 aromatic rings. The van der Waals surface area contributed by atoms with Gasteiger partial charge in [0.25, 0.3) is 0 Å². The van der Waals surface area contributed by atoms with Crippen LogP contribution in [0.15, 0.2) is 12.4 Å². The van der Waals surface area contributed by atoms with Gasteiger partial charge in [-0.25, -0.2) is 4.98 Å². The molecule has 16 heavy (non-hydrogen) atoms. The minimum Gasteiger partial charge on any atom is -0.334 e. The molecule has 0 saturated carbocycles. The lowest BCUT2D eigenvalue weighted by Crippen LogP contribution is -2.24. The van der Waals surface area contributed by atoms with Crippen LogP contribution in [-0.4, -0.2) is 41.6 Å². The Hall–Kier alpha value is -0.870. The minimum absolute atomic E-state index is 0.941. The average Bonchev–Trinajstić information content (AvgIpc) is 2.67. The van der Waals surface area contributed by atoms with E-state index in [1.807, 2.05) is 13.2 Å². The quantitative estimate of drug-likeness (QED) is 0.676. The van der Waals surface area contributed by atoms with Crippen LogP contribution in [0.1, 0.15) is 25.6 Å². The predicted octanol–water partition coefficient (Wildman–Crippen LogP) is 1.33. The predicted molar refractivity (Wildman–Crippen MR) is 67.4 cm³/mol. The molecule has 0 amide bonds. The van der Waals surface area contributed by atoms with Crippen molar-refractivity contribution in [1.82, 2.24) is 19.8 Å². The summed E-state index contributed by atoms with van der Waals surface area (Å²) in [6.45, 7) is 6.39. The molecule has 0 saturated heterocycles. The maximum atomic E-state index is 4.41. The summed E-state index contributed by atoms with van der Waals surface area (Å²) in [5.74, 6) is 1.17. The number of hydrogen-bond acceptors (Lipinski definition) is 3. The molecular weight excluding hydrogens is 200 g/mol. The summed E-state index contributed by atoms with van der Waals surface area (Å²) < 4.78 is 2.24. The molecule has 4 nitrogen and oxygen atoms in total. The molecule has 4 heteroatoms. The molecule has 0 aromatic carbocycles. The third-order valence-corrected chi connectivity index (χ3v) is 2.64. The van der Waals surface area contributed by atoms with Crippen molar-refractivity contribution in [2.24, 2.45) is 0 Å². The molecule has 0 radical (unpaired) electrons. The minimum atomic E-state index is 0.941. The smallest absolute Gasteiger partial charge is 0.122 e. The first-order chi connectivity index (χ1) is 7.77. The van der Waals surface area contributed by atoms with Crippen molar-refractivity contribution in [3.63, 3.8) is 0 Å². The summed E-state index contributed by atoms with van der Waals surface area (Å²) in [5.41, 5.74) is 0. The maximum Gasteiger partial charge on any atom is 0.122 e. The first-order valence-electron chi connectivity index (χ1n) is 6.11. The number of nitrogens with one attached hydrogen (secondary N) is 1. The van der Waals surface area contributed by atoms with Crippen LogP contribution in [0.2, 0.25) is 0 Å². The number of aryl methyl sites for hydroxylation is 1. The molecule has 0 bridgehead atoms. The van der Waals surface area contributed by atoms with Crippen LogP contribution in [0.4, 0.5) is 0 Å². The standard InChI is InChI=1S/C12H24N4/c1-4-8-16-10-7-14-12(16)11-15(3)9-5-6-13-2/h7,10,13H,4-6,8-9,11H2,1-3H3. The summed E-state index contributed by atoms with van der Waals surface area (Å²) in [7, 11) is 4.15. The van der Waals surface area contributed by atoms with E-state index in [0.29, 0.717) is 0 Å². The van der Waals surface area contributed by atoms with Crippen molar-refractivity contribution >= 4 is 0 Å². The van der Waals surface area contributed by atoms with Crippen molar-refractivity contribution in [3.8, 4) is 0 Å². The molecule has 0 unspecified atom stereocenters. The van der Waals surface area contributed by atoms with Gasteiger partial charge in [-0.1, -0.05) is 6.92 Å². The second-order valence-corrected chi connectivity index (χ2v) is 4.23. The van der Waals surface area contributed by atoms with Crippen molar-refractivity contribution in [2.45, 2.75) is 32.9 Å². The van der Waals surface area contributed by atoms with E-state index >= 15 is 0 Å². The molecule has 1 rings (SSSR count). The van der Waals surface area contributed by atoms with Crippen molar-refractivity contribution in [1.29, 1.82) is 0 Å². The highest BCUT2D eigenvalue weighted by Crippen LogP contribution is 2.03. The number of rotatable bonds is 8. The molecule has 1 N–H and O–H groups in total. The van der Waals surface area contributed by atoms with Gasteiger partial charge in [-0.3, -0.25) is 4.90 Å². The van der Waals surface area contributed by atoms with Gasteiger partial charge in [0.15, 0.2) is 0 Å². The van der Waals surface area contributed by atoms with Gasteiger partial charge in [0, 0.05) is 18.9 Å².